The van der Waals surface area contributed by atoms with E-state index in [-0.39, 0.29) is 0 Å². The van der Waals surface area contributed by atoms with Gasteiger partial charge in [0.1, 0.15) is 0 Å². The Labute approximate surface area is 109 Å². The summed E-state index contributed by atoms with van der Waals surface area (Å²) in [4.78, 5) is 0. The van der Waals surface area contributed by atoms with E-state index in [9.17, 15) is 4.21 Å². The maximum Gasteiger partial charge on any atom is 0.0390 e. The third-order valence-corrected chi connectivity index (χ3v) is 6.04. The minimum atomic E-state index is -0.659. The van der Waals surface area contributed by atoms with Crippen molar-refractivity contribution in [3.05, 3.63) is 0 Å². The van der Waals surface area contributed by atoms with Gasteiger partial charge < -0.3 is 5.73 Å². The van der Waals surface area contributed by atoms with Crippen LogP contribution in [-0.2, 0) is 10.8 Å². The van der Waals surface area contributed by atoms with E-state index in [0.717, 1.165) is 24.5 Å². The van der Waals surface area contributed by atoms with E-state index < -0.39 is 10.8 Å². The van der Waals surface area contributed by atoms with E-state index in [1.54, 1.807) is 0 Å². The molecule has 0 aliphatic heterocycles. The SMILES string of the molecule is CCC1CCC(CN)C(S(=O)CCC(C)C)C1. The molecule has 0 heterocycles. The van der Waals surface area contributed by atoms with Crippen LogP contribution >= 0.6 is 0 Å². The fraction of sp³-hybridized carbons (Fsp3) is 1.00. The van der Waals surface area contributed by atoms with Crippen LogP contribution in [0.15, 0.2) is 0 Å². The van der Waals surface area contributed by atoms with Crippen molar-refractivity contribution < 1.29 is 4.21 Å². The molecule has 3 heteroatoms. The Morgan fingerprint density at radius 1 is 1.35 bits per heavy atom. The zero-order valence-electron chi connectivity index (χ0n) is 11.7. The van der Waals surface area contributed by atoms with Crippen molar-refractivity contribution in [3.8, 4) is 0 Å². The summed E-state index contributed by atoms with van der Waals surface area (Å²) in [6.07, 6.45) is 5.93. The number of hydrogen-bond donors (Lipinski definition) is 1. The van der Waals surface area contributed by atoms with Gasteiger partial charge in [-0.25, -0.2) is 0 Å². The molecule has 0 aromatic rings. The van der Waals surface area contributed by atoms with Gasteiger partial charge in [-0.05, 0) is 43.6 Å². The summed E-state index contributed by atoms with van der Waals surface area (Å²) < 4.78 is 12.4. The Morgan fingerprint density at radius 2 is 2.06 bits per heavy atom. The van der Waals surface area contributed by atoms with Crippen LogP contribution in [0.4, 0.5) is 0 Å². The van der Waals surface area contributed by atoms with Crippen LogP contribution in [0.1, 0.15) is 52.9 Å². The van der Waals surface area contributed by atoms with Gasteiger partial charge >= 0.3 is 0 Å². The summed E-state index contributed by atoms with van der Waals surface area (Å²) in [5.74, 6) is 2.81. The van der Waals surface area contributed by atoms with E-state index in [2.05, 4.69) is 20.8 Å². The average Bonchev–Trinajstić information content (AvgIpc) is 2.34. The first-order valence-corrected chi connectivity index (χ1v) is 8.53. The normalized spacial score (nSPS) is 31.7. The molecule has 1 rings (SSSR count). The molecule has 102 valence electrons. The van der Waals surface area contributed by atoms with Gasteiger partial charge in [0.25, 0.3) is 0 Å². The van der Waals surface area contributed by atoms with Crippen LogP contribution in [0.5, 0.6) is 0 Å². The first-order valence-electron chi connectivity index (χ1n) is 7.15. The van der Waals surface area contributed by atoms with Crippen LogP contribution in [0.25, 0.3) is 0 Å². The predicted molar refractivity (Wildman–Crippen MR) is 76.4 cm³/mol. The highest BCUT2D eigenvalue weighted by atomic mass is 32.2. The number of rotatable bonds is 6. The Balaban J connectivity index is 2.53. The topological polar surface area (TPSA) is 43.1 Å². The fourth-order valence-electron chi connectivity index (χ4n) is 2.74. The lowest BCUT2D eigenvalue weighted by atomic mass is 9.80. The molecule has 1 aliphatic carbocycles. The molecule has 0 bridgehead atoms. The zero-order chi connectivity index (χ0) is 12.8. The minimum Gasteiger partial charge on any atom is -0.330 e. The second kappa shape index (κ2) is 7.52. The van der Waals surface area contributed by atoms with Crippen LogP contribution in [0.3, 0.4) is 0 Å². The van der Waals surface area contributed by atoms with Gasteiger partial charge in [-0.1, -0.05) is 33.6 Å². The third-order valence-electron chi connectivity index (χ3n) is 4.15. The maximum absolute atomic E-state index is 12.4. The van der Waals surface area contributed by atoms with E-state index in [0.29, 0.717) is 23.6 Å². The quantitative estimate of drug-likeness (QED) is 0.797. The molecule has 1 saturated carbocycles. The maximum atomic E-state index is 12.4. The first-order chi connectivity index (χ1) is 8.08. The monoisotopic (exact) mass is 259 g/mol. The molecule has 0 saturated heterocycles. The van der Waals surface area contributed by atoms with Crippen molar-refractivity contribution in [1.29, 1.82) is 0 Å². The number of nitrogens with two attached hydrogens (primary N) is 1. The van der Waals surface area contributed by atoms with Gasteiger partial charge in [-0.2, -0.15) is 0 Å². The van der Waals surface area contributed by atoms with E-state index in [1.165, 1.54) is 19.3 Å². The molecule has 0 amide bonds. The Bertz CT molecular complexity index is 242. The molecule has 2 nitrogen and oxygen atoms in total. The van der Waals surface area contributed by atoms with Crippen molar-refractivity contribution in [3.63, 3.8) is 0 Å². The van der Waals surface area contributed by atoms with Gasteiger partial charge in [0, 0.05) is 21.8 Å². The molecule has 0 spiro atoms. The summed E-state index contributed by atoms with van der Waals surface area (Å²) in [5.41, 5.74) is 5.84. The van der Waals surface area contributed by atoms with Gasteiger partial charge in [0.05, 0.1) is 0 Å². The van der Waals surface area contributed by atoms with E-state index in [1.807, 2.05) is 0 Å². The highest BCUT2D eigenvalue weighted by Gasteiger charge is 2.32. The van der Waals surface area contributed by atoms with Crippen molar-refractivity contribution in [2.75, 3.05) is 12.3 Å². The minimum absolute atomic E-state index is 0.373. The lowest BCUT2D eigenvalue weighted by molar-refractivity contribution is 0.280. The van der Waals surface area contributed by atoms with Crippen molar-refractivity contribution in [2.45, 2.75) is 58.1 Å². The number of hydrogen-bond acceptors (Lipinski definition) is 2. The molecule has 0 radical (unpaired) electrons. The molecule has 2 N–H and O–H groups in total. The van der Waals surface area contributed by atoms with Crippen molar-refractivity contribution >= 4 is 10.8 Å². The Morgan fingerprint density at radius 3 is 2.59 bits per heavy atom. The zero-order valence-corrected chi connectivity index (χ0v) is 12.5. The van der Waals surface area contributed by atoms with Gasteiger partial charge in [0.15, 0.2) is 0 Å². The Hall–Kier alpha value is 0.110. The van der Waals surface area contributed by atoms with E-state index in [4.69, 9.17) is 5.73 Å². The third kappa shape index (κ3) is 4.70. The highest BCUT2D eigenvalue weighted by molar-refractivity contribution is 7.85. The molecule has 4 unspecified atom stereocenters. The summed E-state index contributed by atoms with van der Waals surface area (Å²) >= 11 is 0. The molecular formula is C14H29NOS. The van der Waals surface area contributed by atoms with Crippen LogP contribution < -0.4 is 5.73 Å². The van der Waals surface area contributed by atoms with Gasteiger partial charge in [0.2, 0.25) is 0 Å². The molecule has 1 fully saturated rings. The van der Waals surface area contributed by atoms with Crippen molar-refractivity contribution in [2.24, 2.45) is 23.5 Å². The fourth-order valence-corrected chi connectivity index (χ4v) is 4.91. The van der Waals surface area contributed by atoms with Crippen LogP contribution in [-0.4, -0.2) is 21.8 Å². The van der Waals surface area contributed by atoms with E-state index >= 15 is 0 Å². The van der Waals surface area contributed by atoms with Gasteiger partial charge in [-0.3, -0.25) is 4.21 Å². The smallest absolute Gasteiger partial charge is 0.0390 e. The molecule has 0 aromatic carbocycles. The second-order valence-corrected chi connectivity index (χ2v) is 7.66. The predicted octanol–water partition coefficient (Wildman–Crippen LogP) is 2.93. The summed E-state index contributed by atoms with van der Waals surface area (Å²) in [6, 6.07) is 0. The molecule has 0 aromatic heterocycles. The summed E-state index contributed by atoms with van der Waals surface area (Å²) in [5, 5.41) is 0.373. The highest BCUT2D eigenvalue weighted by Crippen LogP contribution is 2.33. The first kappa shape index (κ1) is 15.2. The largest absolute Gasteiger partial charge is 0.330 e. The summed E-state index contributed by atoms with van der Waals surface area (Å²) in [7, 11) is -0.659. The lowest BCUT2D eigenvalue weighted by Gasteiger charge is -2.34. The molecule has 17 heavy (non-hydrogen) atoms. The molecule has 1 aliphatic rings. The Kier molecular flexibility index (Phi) is 6.71. The molecular weight excluding hydrogens is 230 g/mol. The standard InChI is InChI=1S/C14H29NOS/c1-4-12-5-6-13(10-15)14(9-12)17(16)8-7-11(2)3/h11-14H,4-10,15H2,1-3H3. The van der Waals surface area contributed by atoms with Crippen LogP contribution in [0.2, 0.25) is 0 Å². The average molecular weight is 259 g/mol. The molecule has 4 atom stereocenters. The second-order valence-electron chi connectivity index (χ2n) is 5.89. The van der Waals surface area contributed by atoms with Gasteiger partial charge in [-0.15, -0.1) is 0 Å². The van der Waals surface area contributed by atoms with Crippen molar-refractivity contribution in [1.82, 2.24) is 0 Å². The van der Waals surface area contributed by atoms with Crippen LogP contribution in [0, 0.1) is 17.8 Å². The summed E-state index contributed by atoms with van der Waals surface area (Å²) in [6.45, 7) is 7.37. The lowest BCUT2D eigenvalue weighted by Crippen LogP contribution is -2.38.